The standard InChI is InChI=1S/C18H27N3O2/c1-12-4-5-16(10-13(12)2)14(3)20-17(22)11-21-8-6-15(7-9-21)18(19)23/h4-5,10,14-15H,6-9,11H2,1-3H3,(H2,19,23)(H,20,22)/t14-/m1/s1. The Morgan fingerprint density at radius 1 is 1.26 bits per heavy atom. The summed E-state index contributed by atoms with van der Waals surface area (Å²) in [7, 11) is 0. The molecule has 23 heavy (non-hydrogen) atoms. The minimum absolute atomic E-state index is 0.00930. The summed E-state index contributed by atoms with van der Waals surface area (Å²) in [4.78, 5) is 25.5. The molecule has 1 aliphatic rings. The smallest absolute Gasteiger partial charge is 0.234 e. The fraction of sp³-hybridized carbons (Fsp3) is 0.556. The van der Waals surface area contributed by atoms with E-state index in [4.69, 9.17) is 5.73 Å². The summed E-state index contributed by atoms with van der Waals surface area (Å²) in [6.07, 6.45) is 1.49. The number of nitrogens with one attached hydrogen (secondary N) is 1. The predicted octanol–water partition coefficient (Wildman–Crippen LogP) is 1.68. The van der Waals surface area contributed by atoms with Gasteiger partial charge in [0, 0.05) is 5.92 Å². The van der Waals surface area contributed by atoms with Gasteiger partial charge in [-0.1, -0.05) is 18.2 Å². The highest BCUT2D eigenvalue weighted by molar-refractivity contribution is 5.79. The Kier molecular flexibility index (Phi) is 5.77. The third-order valence-corrected chi connectivity index (χ3v) is 4.77. The van der Waals surface area contributed by atoms with Crippen molar-refractivity contribution in [3.63, 3.8) is 0 Å². The number of piperidine rings is 1. The zero-order valence-corrected chi connectivity index (χ0v) is 14.3. The first-order valence-electron chi connectivity index (χ1n) is 8.25. The molecule has 1 heterocycles. The van der Waals surface area contributed by atoms with Gasteiger partial charge in [-0.25, -0.2) is 0 Å². The van der Waals surface area contributed by atoms with Crippen LogP contribution in [-0.2, 0) is 9.59 Å². The first kappa shape index (κ1) is 17.5. The zero-order valence-electron chi connectivity index (χ0n) is 14.3. The molecule has 1 aromatic rings. The molecule has 1 atom stereocenters. The van der Waals surface area contributed by atoms with Gasteiger partial charge in [0.15, 0.2) is 0 Å². The van der Waals surface area contributed by atoms with Gasteiger partial charge >= 0.3 is 0 Å². The number of carbonyl (C=O) groups is 2. The molecule has 2 amide bonds. The lowest BCUT2D eigenvalue weighted by Gasteiger charge is -2.30. The Bertz CT molecular complexity index is 578. The van der Waals surface area contributed by atoms with Crippen molar-refractivity contribution in [2.75, 3.05) is 19.6 Å². The molecule has 5 heteroatoms. The number of benzene rings is 1. The molecular formula is C18H27N3O2. The van der Waals surface area contributed by atoms with E-state index in [1.807, 2.05) is 6.92 Å². The van der Waals surface area contributed by atoms with Crippen molar-refractivity contribution in [2.45, 2.75) is 39.7 Å². The summed E-state index contributed by atoms with van der Waals surface area (Å²) in [6, 6.07) is 6.26. The van der Waals surface area contributed by atoms with Crippen LogP contribution in [0.3, 0.4) is 0 Å². The molecule has 0 unspecified atom stereocenters. The lowest BCUT2D eigenvalue weighted by Crippen LogP contribution is -2.44. The molecule has 0 aromatic heterocycles. The number of nitrogens with zero attached hydrogens (tertiary/aromatic N) is 1. The first-order chi connectivity index (χ1) is 10.9. The highest BCUT2D eigenvalue weighted by atomic mass is 16.2. The summed E-state index contributed by atoms with van der Waals surface area (Å²) >= 11 is 0. The molecule has 5 nitrogen and oxygen atoms in total. The second kappa shape index (κ2) is 7.59. The summed E-state index contributed by atoms with van der Waals surface area (Å²) in [6.45, 7) is 8.04. The fourth-order valence-electron chi connectivity index (χ4n) is 2.98. The van der Waals surface area contributed by atoms with Crippen molar-refractivity contribution >= 4 is 11.8 Å². The van der Waals surface area contributed by atoms with Gasteiger partial charge in [0.25, 0.3) is 0 Å². The summed E-state index contributed by atoms with van der Waals surface area (Å²) < 4.78 is 0. The largest absolute Gasteiger partial charge is 0.369 e. The van der Waals surface area contributed by atoms with Crippen molar-refractivity contribution in [1.29, 1.82) is 0 Å². The van der Waals surface area contributed by atoms with Crippen LogP contribution >= 0.6 is 0 Å². The Labute approximate surface area is 138 Å². The number of amides is 2. The van der Waals surface area contributed by atoms with E-state index in [0.29, 0.717) is 6.54 Å². The van der Waals surface area contributed by atoms with Crippen LogP contribution in [0.1, 0.15) is 42.5 Å². The van der Waals surface area contributed by atoms with Gasteiger partial charge in [0.2, 0.25) is 11.8 Å². The number of likely N-dealkylation sites (tertiary alicyclic amines) is 1. The van der Waals surface area contributed by atoms with Crippen LogP contribution in [-0.4, -0.2) is 36.3 Å². The van der Waals surface area contributed by atoms with Gasteiger partial charge < -0.3 is 11.1 Å². The molecule has 1 aliphatic heterocycles. The first-order valence-corrected chi connectivity index (χ1v) is 8.25. The average molecular weight is 317 g/mol. The topological polar surface area (TPSA) is 75.4 Å². The second-order valence-corrected chi connectivity index (χ2v) is 6.59. The normalized spacial score (nSPS) is 17.7. The summed E-state index contributed by atoms with van der Waals surface area (Å²) in [5.41, 5.74) is 8.94. The van der Waals surface area contributed by atoms with Gasteiger partial charge in [-0.3, -0.25) is 14.5 Å². The van der Waals surface area contributed by atoms with Gasteiger partial charge in [-0.15, -0.1) is 0 Å². The van der Waals surface area contributed by atoms with Gasteiger partial charge in [0.1, 0.15) is 0 Å². The van der Waals surface area contributed by atoms with E-state index < -0.39 is 0 Å². The van der Waals surface area contributed by atoms with E-state index in [2.05, 4.69) is 42.3 Å². The van der Waals surface area contributed by atoms with Crippen LogP contribution in [0.5, 0.6) is 0 Å². The van der Waals surface area contributed by atoms with Gasteiger partial charge in [-0.2, -0.15) is 0 Å². The number of aryl methyl sites for hydroxylation is 2. The molecule has 0 aliphatic carbocycles. The lowest BCUT2D eigenvalue weighted by atomic mass is 9.96. The maximum absolute atomic E-state index is 12.2. The van der Waals surface area contributed by atoms with E-state index in [0.717, 1.165) is 31.5 Å². The van der Waals surface area contributed by atoms with E-state index in [1.54, 1.807) is 0 Å². The molecule has 3 N–H and O–H groups in total. The van der Waals surface area contributed by atoms with Crippen LogP contribution in [0.4, 0.5) is 0 Å². The SMILES string of the molecule is Cc1ccc([C@@H](C)NC(=O)CN2CCC(C(N)=O)CC2)cc1C. The molecular weight excluding hydrogens is 290 g/mol. The number of nitrogens with two attached hydrogens (primary N) is 1. The van der Waals surface area contributed by atoms with E-state index in [1.165, 1.54) is 11.1 Å². The molecule has 0 saturated carbocycles. The average Bonchev–Trinajstić information content (AvgIpc) is 2.50. The number of primary amides is 1. The molecule has 126 valence electrons. The van der Waals surface area contributed by atoms with E-state index in [9.17, 15) is 9.59 Å². The van der Waals surface area contributed by atoms with Crippen LogP contribution in [0.25, 0.3) is 0 Å². The Morgan fingerprint density at radius 2 is 1.91 bits per heavy atom. The summed E-state index contributed by atoms with van der Waals surface area (Å²) in [5, 5.41) is 3.05. The van der Waals surface area contributed by atoms with E-state index in [-0.39, 0.29) is 23.8 Å². The Balaban J connectivity index is 1.82. The molecule has 0 radical (unpaired) electrons. The highest BCUT2D eigenvalue weighted by Crippen LogP contribution is 2.18. The van der Waals surface area contributed by atoms with Gasteiger partial charge in [-0.05, 0) is 63.4 Å². The molecule has 2 rings (SSSR count). The van der Waals surface area contributed by atoms with Crippen LogP contribution < -0.4 is 11.1 Å². The lowest BCUT2D eigenvalue weighted by molar-refractivity contribution is -0.124. The molecule has 0 bridgehead atoms. The molecule has 1 saturated heterocycles. The maximum Gasteiger partial charge on any atom is 0.234 e. The summed E-state index contributed by atoms with van der Waals surface area (Å²) in [5.74, 6) is -0.241. The second-order valence-electron chi connectivity index (χ2n) is 6.59. The quantitative estimate of drug-likeness (QED) is 0.867. The molecule has 0 spiro atoms. The van der Waals surface area contributed by atoms with Crippen molar-refractivity contribution in [3.8, 4) is 0 Å². The van der Waals surface area contributed by atoms with E-state index >= 15 is 0 Å². The number of rotatable bonds is 5. The van der Waals surface area contributed by atoms with Crippen molar-refractivity contribution in [3.05, 3.63) is 34.9 Å². The number of hydrogen-bond donors (Lipinski definition) is 2. The number of carbonyl (C=O) groups excluding carboxylic acids is 2. The third-order valence-electron chi connectivity index (χ3n) is 4.77. The van der Waals surface area contributed by atoms with Crippen LogP contribution in [0.15, 0.2) is 18.2 Å². The third kappa shape index (κ3) is 4.79. The maximum atomic E-state index is 12.2. The zero-order chi connectivity index (χ0) is 17.0. The van der Waals surface area contributed by atoms with Crippen LogP contribution in [0, 0.1) is 19.8 Å². The van der Waals surface area contributed by atoms with Crippen LogP contribution in [0.2, 0.25) is 0 Å². The Hall–Kier alpha value is -1.88. The van der Waals surface area contributed by atoms with Crippen molar-refractivity contribution in [2.24, 2.45) is 11.7 Å². The highest BCUT2D eigenvalue weighted by Gasteiger charge is 2.24. The monoisotopic (exact) mass is 317 g/mol. The molecule has 1 aromatic carbocycles. The van der Waals surface area contributed by atoms with Crippen molar-refractivity contribution in [1.82, 2.24) is 10.2 Å². The minimum atomic E-state index is -0.225. The predicted molar refractivity (Wildman–Crippen MR) is 90.8 cm³/mol. The fourth-order valence-corrected chi connectivity index (χ4v) is 2.98. The molecule has 1 fully saturated rings. The Morgan fingerprint density at radius 3 is 2.48 bits per heavy atom. The van der Waals surface area contributed by atoms with Crippen molar-refractivity contribution < 1.29 is 9.59 Å². The minimum Gasteiger partial charge on any atom is -0.369 e. The number of hydrogen-bond acceptors (Lipinski definition) is 3. The van der Waals surface area contributed by atoms with Gasteiger partial charge in [0.05, 0.1) is 12.6 Å².